The zero-order valence-electron chi connectivity index (χ0n) is 14.9. The van der Waals surface area contributed by atoms with Gasteiger partial charge in [0.2, 0.25) is 0 Å². The van der Waals surface area contributed by atoms with Crippen LogP contribution in [0.3, 0.4) is 0 Å². The highest BCUT2D eigenvalue weighted by molar-refractivity contribution is 5.89. The molecule has 6 nitrogen and oxygen atoms in total. The Morgan fingerprint density at radius 3 is 2.85 bits per heavy atom. The highest BCUT2D eigenvalue weighted by Gasteiger charge is 2.29. The second-order valence-corrected chi connectivity index (χ2v) is 7.40. The zero-order chi connectivity index (χ0) is 18.4. The van der Waals surface area contributed by atoms with Crippen LogP contribution in [-0.4, -0.2) is 32.3 Å². The molecular formula is C20H20FN5O. The predicted octanol–water partition coefficient (Wildman–Crippen LogP) is 2.87. The number of anilines is 1. The van der Waals surface area contributed by atoms with Crippen molar-refractivity contribution in [2.75, 3.05) is 11.4 Å². The average molecular weight is 365 g/mol. The molecule has 0 bridgehead atoms. The molecule has 1 aliphatic heterocycles. The lowest BCUT2D eigenvalue weighted by Crippen LogP contribution is -2.37. The van der Waals surface area contributed by atoms with Gasteiger partial charge in [0.1, 0.15) is 18.0 Å². The Morgan fingerprint density at radius 1 is 1.11 bits per heavy atom. The minimum absolute atomic E-state index is 0.0686. The molecule has 7 heteroatoms. The third kappa shape index (κ3) is 3.07. The van der Waals surface area contributed by atoms with Crippen molar-refractivity contribution in [3.8, 4) is 0 Å². The van der Waals surface area contributed by atoms with Crippen molar-refractivity contribution in [3.63, 3.8) is 0 Å². The first-order valence-electron chi connectivity index (χ1n) is 9.44. The molecule has 3 aromatic rings. The SMILES string of the molecule is O=c1ccc(C2CC2)nn1CC1CCCN1c1ncnc2cc(F)ccc12. The largest absolute Gasteiger partial charge is 0.351 e. The van der Waals surface area contributed by atoms with Gasteiger partial charge in [0.25, 0.3) is 5.56 Å². The summed E-state index contributed by atoms with van der Waals surface area (Å²) >= 11 is 0. The van der Waals surface area contributed by atoms with Crippen LogP contribution >= 0.6 is 0 Å². The summed E-state index contributed by atoms with van der Waals surface area (Å²) in [6.45, 7) is 1.39. The lowest BCUT2D eigenvalue weighted by molar-refractivity contribution is 0.481. The monoisotopic (exact) mass is 365 g/mol. The molecule has 0 spiro atoms. The standard InChI is InChI=1S/C20H20FN5O/c21-14-5-6-16-18(10-14)22-12-23-20(16)25-9-1-2-15(25)11-26-19(27)8-7-17(24-26)13-3-4-13/h5-8,10,12-13,15H,1-4,9,11H2. The van der Waals surface area contributed by atoms with E-state index in [0.717, 1.165) is 49.1 Å². The number of rotatable bonds is 4. The molecule has 1 saturated carbocycles. The number of halogens is 1. The van der Waals surface area contributed by atoms with Crippen LogP contribution in [0, 0.1) is 5.82 Å². The summed E-state index contributed by atoms with van der Waals surface area (Å²) in [6, 6.07) is 8.21. The van der Waals surface area contributed by atoms with E-state index < -0.39 is 0 Å². The fraction of sp³-hybridized carbons (Fsp3) is 0.400. The molecule has 1 saturated heterocycles. The van der Waals surface area contributed by atoms with Gasteiger partial charge in [-0.15, -0.1) is 0 Å². The van der Waals surface area contributed by atoms with Gasteiger partial charge >= 0.3 is 0 Å². The minimum atomic E-state index is -0.308. The normalized spacial score (nSPS) is 19.7. The number of benzene rings is 1. The Bertz CT molecular complexity index is 1060. The van der Waals surface area contributed by atoms with Crippen LogP contribution in [0.1, 0.15) is 37.3 Å². The van der Waals surface area contributed by atoms with Crippen LogP contribution < -0.4 is 10.5 Å². The van der Waals surface area contributed by atoms with Crippen LogP contribution in [0.4, 0.5) is 10.2 Å². The van der Waals surface area contributed by atoms with Gasteiger partial charge in [-0.2, -0.15) is 5.10 Å². The third-order valence-corrected chi connectivity index (χ3v) is 5.49. The van der Waals surface area contributed by atoms with E-state index >= 15 is 0 Å². The first-order valence-corrected chi connectivity index (χ1v) is 9.44. The Balaban J connectivity index is 1.48. The molecule has 1 unspecified atom stereocenters. The number of hydrogen-bond donors (Lipinski definition) is 0. The van der Waals surface area contributed by atoms with Crippen molar-refractivity contribution in [1.29, 1.82) is 0 Å². The molecule has 2 fully saturated rings. The van der Waals surface area contributed by atoms with Crippen LogP contribution in [0.5, 0.6) is 0 Å². The third-order valence-electron chi connectivity index (χ3n) is 5.49. The Labute approximate surface area is 155 Å². The molecule has 0 N–H and O–H groups in total. The number of nitrogens with zero attached hydrogens (tertiary/aromatic N) is 5. The molecule has 2 aromatic heterocycles. The Kier molecular flexibility index (Phi) is 3.88. The van der Waals surface area contributed by atoms with Crippen molar-refractivity contribution in [3.05, 3.63) is 58.5 Å². The molecule has 1 atom stereocenters. The summed E-state index contributed by atoms with van der Waals surface area (Å²) in [7, 11) is 0. The second-order valence-electron chi connectivity index (χ2n) is 7.40. The molecule has 138 valence electrons. The van der Waals surface area contributed by atoms with E-state index in [1.54, 1.807) is 16.8 Å². The number of hydrogen-bond acceptors (Lipinski definition) is 5. The maximum atomic E-state index is 13.5. The Hall–Kier alpha value is -2.83. The molecule has 3 heterocycles. The van der Waals surface area contributed by atoms with Crippen molar-refractivity contribution in [1.82, 2.24) is 19.7 Å². The van der Waals surface area contributed by atoms with Gasteiger partial charge in [0.15, 0.2) is 0 Å². The fourth-order valence-electron chi connectivity index (χ4n) is 3.94. The van der Waals surface area contributed by atoms with Gasteiger partial charge in [-0.1, -0.05) is 0 Å². The maximum Gasteiger partial charge on any atom is 0.266 e. The van der Waals surface area contributed by atoms with Crippen LogP contribution in [0.2, 0.25) is 0 Å². The molecular weight excluding hydrogens is 345 g/mol. The van der Waals surface area contributed by atoms with Crippen LogP contribution in [0.25, 0.3) is 10.9 Å². The fourth-order valence-corrected chi connectivity index (χ4v) is 3.94. The van der Waals surface area contributed by atoms with E-state index in [9.17, 15) is 9.18 Å². The zero-order valence-corrected chi connectivity index (χ0v) is 14.9. The van der Waals surface area contributed by atoms with Gasteiger partial charge in [-0.25, -0.2) is 19.0 Å². The quantitative estimate of drug-likeness (QED) is 0.711. The summed E-state index contributed by atoms with van der Waals surface area (Å²) < 4.78 is 15.1. The smallest absolute Gasteiger partial charge is 0.266 e. The molecule has 0 radical (unpaired) electrons. The van der Waals surface area contributed by atoms with Gasteiger partial charge < -0.3 is 4.90 Å². The summed E-state index contributed by atoms with van der Waals surface area (Å²) in [4.78, 5) is 23.2. The van der Waals surface area contributed by atoms with Gasteiger partial charge in [-0.3, -0.25) is 4.79 Å². The average Bonchev–Trinajstić information content (AvgIpc) is 3.42. The highest BCUT2D eigenvalue weighted by Crippen LogP contribution is 2.38. The lowest BCUT2D eigenvalue weighted by atomic mass is 10.2. The lowest BCUT2D eigenvalue weighted by Gasteiger charge is -2.26. The maximum absolute atomic E-state index is 13.5. The van der Waals surface area contributed by atoms with E-state index in [1.807, 2.05) is 6.07 Å². The van der Waals surface area contributed by atoms with Crippen molar-refractivity contribution >= 4 is 16.7 Å². The first kappa shape index (κ1) is 16.4. The van der Waals surface area contributed by atoms with Crippen molar-refractivity contribution in [2.45, 2.75) is 44.2 Å². The molecule has 27 heavy (non-hydrogen) atoms. The molecule has 1 aliphatic carbocycles. The van der Waals surface area contributed by atoms with E-state index in [-0.39, 0.29) is 17.4 Å². The minimum Gasteiger partial charge on any atom is -0.351 e. The van der Waals surface area contributed by atoms with Gasteiger partial charge in [0, 0.05) is 30.0 Å². The van der Waals surface area contributed by atoms with Gasteiger partial charge in [0.05, 0.1) is 23.8 Å². The summed E-state index contributed by atoms with van der Waals surface area (Å²) in [5, 5.41) is 5.43. The second kappa shape index (κ2) is 6.40. The van der Waals surface area contributed by atoms with Crippen LogP contribution in [0.15, 0.2) is 41.5 Å². The van der Waals surface area contributed by atoms with E-state index in [4.69, 9.17) is 0 Å². The van der Waals surface area contributed by atoms with Crippen molar-refractivity contribution in [2.24, 2.45) is 0 Å². The van der Waals surface area contributed by atoms with Crippen LogP contribution in [-0.2, 0) is 6.54 Å². The number of aromatic nitrogens is 4. The molecule has 5 rings (SSSR count). The molecule has 2 aliphatic rings. The summed E-state index contributed by atoms with van der Waals surface area (Å²) in [5.74, 6) is 1.00. The number of fused-ring (bicyclic) bond motifs is 1. The summed E-state index contributed by atoms with van der Waals surface area (Å²) in [5.41, 5.74) is 1.54. The Morgan fingerprint density at radius 2 is 2.00 bits per heavy atom. The molecule has 0 amide bonds. The van der Waals surface area contributed by atoms with E-state index in [1.165, 1.54) is 18.5 Å². The highest BCUT2D eigenvalue weighted by atomic mass is 19.1. The van der Waals surface area contributed by atoms with E-state index in [0.29, 0.717) is 18.0 Å². The van der Waals surface area contributed by atoms with Gasteiger partial charge in [-0.05, 0) is 43.9 Å². The molecule has 1 aromatic carbocycles. The summed E-state index contributed by atoms with van der Waals surface area (Å²) in [6.07, 6.45) is 5.78. The first-order chi connectivity index (χ1) is 13.2. The van der Waals surface area contributed by atoms with Crippen molar-refractivity contribution < 1.29 is 4.39 Å². The predicted molar refractivity (Wildman–Crippen MR) is 100 cm³/mol. The topological polar surface area (TPSA) is 63.9 Å². The van der Waals surface area contributed by atoms with E-state index in [2.05, 4.69) is 20.0 Å².